The standard InChI is InChI=1S/C19H17N5O3S/c1-12(17(25)20-10-14-8-5-9-27-14)28-19-22-16-15(18(26)23-19)11-21-24(16)13-6-3-2-4-7-13/h2-9,11-12H,10H2,1H3,(H,20,25)(H,22,23,26)/t12-/m1/s1. The molecule has 0 saturated heterocycles. The van der Waals surface area contributed by atoms with Gasteiger partial charge in [-0.25, -0.2) is 9.67 Å². The van der Waals surface area contributed by atoms with Crippen molar-refractivity contribution in [1.29, 1.82) is 0 Å². The third-order valence-electron chi connectivity index (χ3n) is 4.09. The molecule has 3 heterocycles. The second kappa shape index (κ2) is 7.73. The zero-order valence-electron chi connectivity index (χ0n) is 15.0. The van der Waals surface area contributed by atoms with Gasteiger partial charge in [0.25, 0.3) is 5.56 Å². The first kappa shape index (κ1) is 18.1. The lowest BCUT2D eigenvalue weighted by molar-refractivity contribution is -0.120. The molecule has 0 radical (unpaired) electrons. The topological polar surface area (TPSA) is 106 Å². The summed E-state index contributed by atoms with van der Waals surface area (Å²) >= 11 is 1.17. The number of para-hydroxylation sites is 1. The number of rotatable bonds is 6. The fourth-order valence-corrected chi connectivity index (χ4v) is 3.48. The Balaban J connectivity index is 1.55. The maximum atomic E-state index is 12.4. The lowest BCUT2D eigenvalue weighted by atomic mass is 10.3. The van der Waals surface area contributed by atoms with Crippen molar-refractivity contribution in [2.24, 2.45) is 0 Å². The molecular weight excluding hydrogens is 378 g/mol. The molecule has 4 rings (SSSR count). The summed E-state index contributed by atoms with van der Waals surface area (Å²) in [5.41, 5.74) is 0.953. The smallest absolute Gasteiger partial charge is 0.262 e. The van der Waals surface area contributed by atoms with Gasteiger partial charge in [-0.3, -0.25) is 9.59 Å². The Morgan fingerprint density at radius 2 is 2.11 bits per heavy atom. The number of nitrogens with zero attached hydrogens (tertiary/aromatic N) is 3. The lowest BCUT2D eigenvalue weighted by Gasteiger charge is -2.11. The summed E-state index contributed by atoms with van der Waals surface area (Å²) in [6, 6.07) is 13.0. The van der Waals surface area contributed by atoms with E-state index in [-0.39, 0.29) is 11.5 Å². The van der Waals surface area contributed by atoms with Crippen LogP contribution >= 0.6 is 11.8 Å². The summed E-state index contributed by atoms with van der Waals surface area (Å²) in [4.78, 5) is 31.9. The van der Waals surface area contributed by atoms with Crippen LogP contribution in [0.4, 0.5) is 0 Å². The van der Waals surface area contributed by atoms with Crippen LogP contribution in [0.25, 0.3) is 16.7 Å². The Morgan fingerprint density at radius 3 is 2.86 bits per heavy atom. The maximum absolute atomic E-state index is 12.4. The summed E-state index contributed by atoms with van der Waals surface area (Å²) < 4.78 is 6.81. The van der Waals surface area contributed by atoms with E-state index in [1.165, 1.54) is 18.0 Å². The van der Waals surface area contributed by atoms with Gasteiger partial charge in [-0.2, -0.15) is 5.10 Å². The summed E-state index contributed by atoms with van der Waals surface area (Å²) in [6.45, 7) is 2.06. The molecule has 0 aliphatic heterocycles. The van der Waals surface area contributed by atoms with Gasteiger partial charge in [0.2, 0.25) is 5.91 Å². The van der Waals surface area contributed by atoms with Crippen molar-refractivity contribution in [2.75, 3.05) is 0 Å². The molecule has 0 unspecified atom stereocenters. The molecule has 1 amide bonds. The van der Waals surface area contributed by atoms with E-state index in [2.05, 4.69) is 20.4 Å². The number of nitrogens with one attached hydrogen (secondary N) is 2. The van der Waals surface area contributed by atoms with Crippen molar-refractivity contribution in [3.05, 3.63) is 71.0 Å². The normalized spacial score (nSPS) is 12.2. The highest BCUT2D eigenvalue weighted by atomic mass is 32.2. The number of thioether (sulfide) groups is 1. The fourth-order valence-electron chi connectivity index (χ4n) is 2.66. The Hall–Kier alpha value is -3.33. The molecule has 0 bridgehead atoms. The van der Waals surface area contributed by atoms with Crippen LogP contribution in [-0.4, -0.2) is 30.9 Å². The van der Waals surface area contributed by atoms with E-state index in [1.807, 2.05) is 30.3 Å². The average Bonchev–Trinajstić information content (AvgIpc) is 3.36. The quantitative estimate of drug-likeness (QED) is 0.384. The Morgan fingerprint density at radius 1 is 1.29 bits per heavy atom. The molecule has 9 heteroatoms. The van der Waals surface area contributed by atoms with Crippen LogP contribution < -0.4 is 10.9 Å². The van der Waals surface area contributed by atoms with E-state index in [9.17, 15) is 9.59 Å². The molecule has 28 heavy (non-hydrogen) atoms. The van der Waals surface area contributed by atoms with E-state index in [0.717, 1.165) is 5.69 Å². The first-order valence-electron chi connectivity index (χ1n) is 8.62. The van der Waals surface area contributed by atoms with Gasteiger partial charge in [-0.1, -0.05) is 30.0 Å². The van der Waals surface area contributed by atoms with Gasteiger partial charge in [0.05, 0.1) is 29.9 Å². The first-order valence-corrected chi connectivity index (χ1v) is 9.50. The van der Waals surface area contributed by atoms with Crippen molar-refractivity contribution >= 4 is 28.7 Å². The molecule has 1 atom stereocenters. The van der Waals surface area contributed by atoms with Crippen LogP contribution in [0.15, 0.2) is 69.3 Å². The van der Waals surface area contributed by atoms with Crippen molar-refractivity contribution in [2.45, 2.75) is 23.9 Å². The van der Waals surface area contributed by atoms with Crippen LogP contribution in [0, 0.1) is 0 Å². The number of benzene rings is 1. The van der Waals surface area contributed by atoms with E-state index in [0.29, 0.717) is 28.5 Å². The molecule has 0 aliphatic carbocycles. The molecule has 0 spiro atoms. The summed E-state index contributed by atoms with van der Waals surface area (Å²) in [5.74, 6) is 0.492. The minimum atomic E-state index is -0.455. The van der Waals surface area contributed by atoms with Gasteiger partial charge in [-0.15, -0.1) is 0 Å². The SMILES string of the molecule is C[C@@H](Sc1nc2c(cnn2-c2ccccc2)c(=O)[nH]1)C(=O)NCc1ccco1. The molecule has 2 N–H and O–H groups in total. The Labute approximate surface area is 164 Å². The molecule has 0 aliphatic rings. The highest BCUT2D eigenvalue weighted by Gasteiger charge is 2.18. The Bertz CT molecular complexity index is 1150. The zero-order valence-corrected chi connectivity index (χ0v) is 15.8. The molecule has 0 fully saturated rings. The molecule has 1 aromatic carbocycles. The molecule has 142 valence electrons. The Kier molecular flexibility index (Phi) is 4.98. The molecular formula is C19H17N5O3S. The minimum absolute atomic E-state index is 0.180. The molecule has 4 aromatic rings. The first-order chi connectivity index (χ1) is 13.6. The van der Waals surface area contributed by atoms with Gasteiger partial charge in [0.1, 0.15) is 11.1 Å². The maximum Gasteiger partial charge on any atom is 0.262 e. The van der Waals surface area contributed by atoms with Crippen LogP contribution in [0.1, 0.15) is 12.7 Å². The molecule has 8 nitrogen and oxygen atoms in total. The number of carbonyl (C=O) groups is 1. The number of aromatic nitrogens is 4. The second-order valence-electron chi connectivity index (χ2n) is 6.06. The minimum Gasteiger partial charge on any atom is -0.467 e. The third-order valence-corrected chi connectivity index (χ3v) is 5.08. The fraction of sp³-hybridized carbons (Fsp3) is 0.158. The van der Waals surface area contributed by atoms with Gasteiger partial charge in [0, 0.05) is 0 Å². The monoisotopic (exact) mass is 395 g/mol. The number of hydrogen-bond donors (Lipinski definition) is 2. The third kappa shape index (κ3) is 3.70. The van der Waals surface area contributed by atoms with Crippen molar-refractivity contribution in [3.8, 4) is 5.69 Å². The van der Waals surface area contributed by atoms with Gasteiger partial charge >= 0.3 is 0 Å². The van der Waals surface area contributed by atoms with Crippen LogP contribution in [0.5, 0.6) is 0 Å². The average molecular weight is 395 g/mol. The predicted molar refractivity (Wildman–Crippen MR) is 105 cm³/mol. The van der Waals surface area contributed by atoms with E-state index in [1.54, 1.807) is 30.0 Å². The van der Waals surface area contributed by atoms with Gasteiger partial charge in [-0.05, 0) is 31.2 Å². The van der Waals surface area contributed by atoms with Crippen molar-refractivity contribution in [1.82, 2.24) is 25.1 Å². The number of aromatic amines is 1. The highest BCUT2D eigenvalue weighted by Crippen LogP contribution is 2.21. The van der Waals surface area contributed by atoms with E-state index in [4.69, 9.17) is 4.42 Å². The van der Waals surface area contributed by atoms with Crippen molar-refractivity contribution in [3.63, 3.8) is 0 Å². The number of hydrogen-bond acceptors (Lipinski definition) is 6. The number of H-pyrrole nitrogens is 1. The zero-order chi connectivity index (χ0) is 19.5. The van der Waals surface area contributed by atoms with E-state index >= 15 is 0 Å². The summed E-state index contributed by atoms with van der Waals surface area (Å²) in [6.07, 6.45) is 3.04. The van der Waals surface area contributed by atoms with Gasteiger partial charge in [0.15, 0.2) is 10.8 Å². The van der Waals surface area contributed by atoms with Crippen LogP contribution in [0.3, 0.4) is 0 Å². The number of carbonyl (C=O) groups excluding carboxylic acids is 1. The summed E-state index contributed by atoms with van der Waals surface area (Å²) in [7, 11) is 0. The van der Waals surface area contributed by atoms with Gasteiger partial charge < -0.3 is 14.7 Å². The lowest BCUT2D eigenvalue weighted by Crippen LogP contribution is -2.30. The van der Waals surface area contributed by atoms with Crippen molar-refractivity contribution < 1.29 is 9.21 Å². The predicted octanol–water partition coefficient (Wildman–Crippen LogP) is 2.50. The number of furan rings is 1. The molecule has 0 saturated carbocycles. The van der Waals surface area contributed by atoms with E-state index < -0.39 is 5.25 Å². The second-order valence-corrected chi connectivity index (χ2v) is 7.39. The number of amides is 1. The molecule has 3 aromatic heterocycles. The largest absolute Gasteiger partial charge is 0.467 e. The number of fused-ring (bicyclic) bond motifs is 1. The highest BCUT2D eigenvalue weighted by molar-refractivity contribution is 8.00. The van der Waals surface area contributed by atoms with Crippen LogP contribution in [-0.2, 0) is 11.3 Å². The summed E-state index contributed by atoms with van der Waals surface area (Å²) in [5, 5.41) is 7.37. The van der Waals surface area contributed by atoms with Crippen LogP contribution in [0.2, 0.25) is 0 Å².